The van der Waals surface area contributed by atoms with Gasteiger partial charge in [-0.2, -0.15) is 13.2 Å². The molecule has 3 aromatic rings. The zero-order valence-electron chi connectivity index (χ0n) is 21.9. The van der Waals surface area contributed by atoms with Crippen LogP contribution in [0.25, 0.3) is 10.9 Å². The number of rotatable bonds is 5. The van der Waals surface area contributed by atoms with E-state index < -0.39 is 17.8 Å². The fourth-order valence-electron chi connectivity index (χ4n) is 5.71. The molecule has 5 rings (SSSR count). The maximum Gasteiger partial charge on any atom is 0.416 e. The van der Waals surface area contributed by atoms with Crippen molar-refractivity contribution in [3.63, 3.8) is 0 Å². The molecule has 198 valence electrons. The van der Waals surface area contributed by atoms with E-state index in [9.17, 15) is 13.2 Å². The summed E-state index contributed by atoms with van der Waals surface area (Å²) in [5, 5.41) is 4.31. The Morgan fingerprint density at radius 1 is 0.946 bits per heavy atom. The average Bonchev–Trinajstić information content (AvgIpc) is 3.33. The van der Waals surface area contributed by atoms with Crippen molar-refractivity contribution in [1.82, 2.24) is 14.9 Å². The van der Waals surface area contributed by atoms with Gasteiger partial charge in [0.2, 0.25) is 0 Å². The Kier molecular flexibility index (Phi) is 6.68. The topological polar surface area (TPSA) is 70.3 Å². The summed E-state index contributed by atoms with van der Waals surface area (Å²) in [7, 11) is 0. The van der Waals surface area contributed by atoms with Gasteiger partial charge in [-0.05, 0) is 87.9 Å². The highest BCUT2D eigenvalue weighted by Crippen LogP contribution is 2.40. The molecule has 2 aromatic carbocycles. The van der Waals surface area contributed by atoms with Gasteiger partial charge in [-0.25, -0.2) is 9.97 Å². The average molecular weight is 513 g/mol. The molecule has 2 aliphatic rings. The van der Waals surface area contributed by atoms with Crippen molar-refractivity contribution in [2.45, 2.75) is 65.2 Å². The molecule has 0 spiro atoms. The zero-order chi connectivity index (χ0) is 26.5. The molecular weight excluding hydrogens is 477 g/mol. The molecule has 0 amide bonds. The van der Waals surface area contributed by atoms with Crippen LogP contribution in [0.1, 0.15) is 61.3 Å². The SMILES string of the molecule is Cc1nc(NC(C)c2cc(N)cc(C(F)(F)F)c2)c2cc(N3CCN(C(C)C)CC3)c3c(c2n1)CCC3. The molecule has 1 aliphatic carbocycles. The number of alkyl halides is 3. The van der Waals surface area contributed by atoms with Gasteiger partial charge in [-0.1, -0.05) is 0 Å². The fourth-order valence-corrected chi connectivity index (χ4v) is 5.71. The smallest absolute Gasteiger partial charge is 0.399 e. The van der Waals surface area contributed by atoms with Crippen molar-refractivity contribution < 1.29 is 13.2 Å². The number of nitrogen functional groups attached to an aromatic ring is 1. The van der Waals surface area contributed by atoms with E-state index in [0.717, 1.165) is 68.5 Å². The maximum atomic E-state index is 13.4. The second kappa shape index (κ2) is 9.67. The molecule has 1 saturated heterocycles. The second-order valence-electron chi connectivity index (χ2n) is 10.6. The third-order valence-corrected chi connectivity index (χ3v) is 7.69. The molecule has 1 atom stereocenters. The van der Waals surface area contributed by atoms with Gasteiger partial charge >= 0.3 is 6.18 Å². The third kappa shape index (κ3) is 5.06. The highest BCUT2D eigenvalue weighted by Gasteiger charge is 2.32. The van der Waals surface area contributed by atoms with E-state index in [4.69, 9.17) is 15.7 Å². The van der Waals surface area contributed by atoms with Crippen LogP contribution in [0.4, 0.5) is 30.4 Å². The van der Waals surface area contributed by atoms with E-state index in [-0.39, 0.29) is 5.69 Å². The third-order valence-electron chi connectivity index (χ3n) is 7.69. The van der Waals surface area contributed by atoms with Crippen LogP contribution >= 0.6 is 0 Å². The summed E-state index contributed by atoms with van der Waals surface area (Å²) < 4.78 is 40.2. The van der Waals surface area contributed by atoms with Crippen LogP contribution in [-0.2, 0) is 19.0 Å². The van der Waals surface area contributed by atoms with Crippen LogP contribution in [0.3, 0.4) is 0 Å². The number of aromatic nitrogens is 2. The quantitative estimate of drug-likeness (QED) is 0.426. The van der Waals surface area contributed by atoms with Crippen molar-refractivity contribution >= 4 is 28.1 Å². The summed E-state index contributed by atoms with van der Waals surface area (Å²) in [5.74, 6) is 1.28. The van der Waals surface area contributed by atoms with E-state index in [0.29, 0.717) is 23.2 Å². The first-order valence-electron chi connectivity index (χ1n) is 13.1. The normalized spacial score (nSPS) is 17.5. The van der Waals surface area contributed by atoms with Gasteiger partial charge in [0, 0.05) is 49.0 Å². The monoisotopic (exact) mass is 512 g/mol. The van der Waals surface area contributed by atoms with Crippen LogP contribution < -0.4 is 16.0 Å². The number of fused-ring (bicyclic) bond motifs is 3. The Morgan fingerprint density at radius 2 is 1.65 bits per heavy atom. The van der Waals surface area contributed by atoms with Gasteiger partial charge in [0.1, 0.15) is 11.6 Å². The van der Waals surface area contributed by atoms with Gasteiger partial charge in [0.05, 0.1) is 17.1 Å². The fraction of sp³-hybridized carbons (Fsp3) is 0.500. The summed E-state index contributed by atoms with van der Waals surface area (Å²) in [6.07, 6.45) is -1.35. The van der Waals surface area contributed by atoms with E-state index in [1.54, 1.807) is 6.07 Å². The maximum absolute atomic E-state index is 13.4. The van der Waals surface area contributed by atoms with Crippen LogP contribution in [0.2, 0.25) is 0 Å². The number of hydrogen-bond donors (Lipinski definition) is 2. The van der Waals surface area contributed by atoms with Crippen molar-refractivity contribution in [2.75, 3.05) is 42.1 Å². The van der Waals surface area contributed by atoms with Gasteiger partial charge in [-0.3, -0.25) is 4.90 Å². The highest BCUT2D eigenvalue weighted by atomic mass is 19.4. The number of hydrogen-bond acceptors (Lipinski definition) is 6. The Balaban J connectivity index is 1.54. The van der Waals surface area contributed by atoms with Crippen LogP contribution in [0.15, 0.2) is 24.3 Å². The molecule has 1 unspecified atom stereocenters. The molecule has 9 heteroatoms. The van der Waals surface area contributed by atoms with Crippen LogP contribution in [0, 0.1) is 6.92 Å². The number of anilines is 3. The first-order valence-corrected chi connectivity index (χ1v) is 13.1. The number of aryl methyl sites for hydroxylation is 2. The molecule has 37 heavy (non-hydrogen) atoms. The van der Waals surface area contributed by atoms with Crippen LogP contribution in [0.5, 0.6) is 0 Å². The lowest BCUT2D eigenvalue weighted by Gasteiger charge is -2.39. The standard InChI is InChI=1S/C28H35F3N6/c1-16(2)36-8-10-37(11-9-36)25-15-24-26(23-7-5-6-22(23)25)34-18(4)35-27(24)33-17(3)19-12-20(28(29,30)31)14-21(32)13-19/h12-17H,5-11,32H2,1-4H3,(H,33,34,35). The van der Waals surface area contributed by atoms with E-state index in [2.05, 4.69) is 35.0 Å². The zero-order valence-corrected chi connectivity index (χ0v) is 21.9. The first kappa shape index (κ1) is 25.6. The largest absolute Gasteiger partial charge is 0.416 e. The van der Waals surface area contributed by atoms with Crippen molar-refractivity contribution in [2.24, 2.45) is 0 Å². The number of halogens is 3. The predicted octanol–water partition coefficient (Wildman–Crippen LogP) is 5.73. The Hall–Kier alpha value is -3.07. The van der Waals surface area contributed by atoms with Crippen molar-refractivity contribution in [3.05, 3.63) is 52.3 Å². The number of nitrogens with one attached hydrogen (secondary N) is 1. The molecule has 0 radical (unpaired) electrons. The minimum absolute atomic E-state index is 0.0860. The lowest BCUT2D eigenvalue weighted by molar-refractivity contribution is -0.137. The van der Waals surface area contributed by atoms with E-state index >= 15 is 0 Å². The van der Waals surface area contributed by atoms with E-state index in [1.165, 1.54) is 16.8 Å². The number of nitrogens with two attached hydrogens (primary N) is 1. The molecule has 0 saturated carbocycles. The van der Waals surface area contributed by atoms with Crippen molar-refractivity contribution in [1.29, 1.82) is 0 Å². The Morgan fingerprint density at radius 3 is 2.32 bits per heavy atom. The van der Waals surface area contributed by atoms with Crippen LogP contribution in [-0.4, -0.2) is 47.1 Å². The summed E-state index contributed by atoms with van der Waals surface area (Å²) in [6, 6.07) is 5.99. The first-order chi connectivity index (χ1) is 17.5. The van der Waals surface area contributed by atoms with Gasteiger partial charge in [-0.15, -0.1) is 0 Å². The molecule has 0 bridgehead atoms. The number of piperazine rings is 1. The predicted molar refractivity (Wildman–Crippen MR) is 143 cm³/mol. The van der Waals surface area contributed by atoms with Crippen molar-refractivity contribution in [3.8, 4) is 0 Å². The highest BCUT2D eigenvalue weighted by molar-refractivity contribution is 5.96. The summed E-state index contributed by atoms with van der Waals surface area (Å²) in [5.41, 5.74) is 10.5. The summed E-state index contributed by atoms with van der Waals surface area (Å²) in [4.78, 5) is 14.5. The van der Waals surface area contributed by atoms with Gasteiger partial charge in [0.15, 0.2) is 0 Å². The lowest BCUT2D eigenvalue weighted by atomic mass is 10.0. The number of nitrogens with zero attached hydrogens (tertiary/aromatic N) is 4. The molecular formula is C28H35F3N6. The lowest BCUT2D eigenvalue weighted by Crippen LogP contribution is -2.49. The molecule has 2 heterocycles. The molecule has 1 fully saturated rings. The Bertz CT molecular complexity index is 1310. The second-order valence-corrected chi connectivity index (χ2v) is 10.6. The van der Waals surface area contributed by atoms with Gasteiger partial charge in [0.25, 0.3) is 0 Å². The molecule has 1 aliphatic heterocycles. The summed E-state index contributed by atoms with van der Waals surface area (Å²) in [6.45, 7) is 12.1. The molecule has 3 N–H and O–H groups in total. The number of benzene rings is 2. The minimum Gasteiger partial charge on any atom is -0.399 e. The Labute approximate surface area is 216 Å². The van der Waals surface area contributed by atoms with Gasteiger partial charge < -0.3 is 16.0 Å². The van der Waals surface area contributed by atoms with E-state index in [1.807, 2.05) is 13.8 Å². The summed E-state index contributed by atoms with van der Waals surface area (Å²) >= 11 is 0. The molecule has 6 nitrogen and oxygen atoms in total. The molecule has 1 aromatic heterocycles. The minimum atomic E-state index is -4.46.